The smallest absolute Gasteiger partial charge is 0.161 e. The van der Waals surface area contributed by atoms with Gasteiger partial charge in [-0.3, -0.25) is 0 Å². The van der Waals surface area contributed by atoms with Crippen molar-refractivity contribution >= 4 is 8.03 Å². The van der Waals surface area contributed by atoms with Gasteiger partial charge in [0.2, 0.25) is 0 Å². The second kappa shape index (κ2) is 4.34. The van der Waals surface area contributed by atoms with E-state index in [1.54, 1.807) is 0 Å². The molecule has 0 aromatic heterocycles. The lowest BCUT2D eigenvalue weighted by molar-refractivity contribution is 0.502. The molecule has 1 atom stereocenters. The van der Waals surface area contributed by atoms with Gasteiger partial charge in [0.15, 0.2) is 6.16 Å². The summed E-state index contributed by atoms with van der Waals surface area (Å²) < 4.78 is 10.4. The van der Waals surface area contributed by atoms with E-state index in [4.69, 9.17) is 4.89 Å². The first kappa shape index (κ1) is 9.37. The largest absolute Gasteiger partial charge is 0.505 e. The van der Waals surface area contributed by atoms with E-state index in [9.17, 15) is 4.57 Å². The quantitative estimate of drug-likeness (QED) is 0.730. The molecule has 1 aromatic rings. The van der Waals surface area contributed by atoms with Gasteiger partial charge in [-0.2, -0.15) is 4.89 Å². The summed E-state index contributed by atoms with van der Waals surface area (Å²) in [6.07, 6.45) is 1.05. The Balaban J connectivity index is 2.57. The highest BCUT2D eigenvalue weighted by atomic mass is 31.1. The summed E-state index contributed by atoms with van der Waals surface area (Å²) in [7, 11) is -1.98. The molecule has 0 saturated heterocycles. The van der Waals surface area contributed by atoms with E-state index in [-0.39, 0.29) is 0 Å². The summed E-state index contributed by atoms with van der Waals surface area (Å²) in [5.74, 6) is 0. The average molecular weight is 183 g/mol. The van der Waals surface area contributed by atoms with E-state index >= 15 is 0 Å². The molecule has 0 fully saturated rings. The van der Waals surface area contributed by atoms with Crippen LogP contribution in [0.25, 0.3) is 0 Å². The van der Waals surface area contributed by atoms with E-state index < -0.39 is 8.03 Å². The van der Waals surface area contributed by atoms with Crippen molar-refractivity contribution < 1.29 is 9.46 Å². The van der Waals surface area contributed by atoms with Gasteiger partial charge >= 0.3 is 8.03 Å². The predicted molar refractivity (Wildman–Crippen MR) is 49.6 cm³/mol. The number of aryl methyl sites for hydroxylation is 2. The number of hydrogen-bond acceptors (Lipinski definition) is 1. The molecule has 0 aliphatic carbocycles. The summed E-state index contributed by atoms with van der Waals surface area (Å²) in [4.78, 5) is 8.59. The van der Waals surface area contributed by atoms with E-state index in [1.807, 2.05) is 31.2 Å². The minimum absolute atomic E-state index is 0.360. The topological polar surface area (TPSA) is 37.3 Å². The Bertz CT molecular complexity index is 284. The highest BCUT2D eigenvalue weighted by Crippen LogP contribution is 2.15. The normalized spacial score (nSPS) is 11.3. The summed E-state index contributed by atoms with van der Waals surface area (Å²) in [6, 6.07) is 8.00. The molecule has 1 N–H and O–H groups in total. The maximum atomic E-state index is 10.4. The number of hydrogen-bond donors (Lipinski definition) is 1. The highest BCUT2D eigenvalue weighted by molar-refractivity contribution is 7.37. The fourth-order valence-electron chi connectivity index (χ4n) is 1.09. The van der Waals surface area contributed by atoms with Crippen LogP contribution in [0.4, 0.5) is 0 Å². The Morgan fingerprint density at radius 1 is 1.50 bits per heavy atom. The van der Waals surface area contributed by atoms with Crippen molar-refractivity contribution in [3.05, 3.63) is 35.4 Å². The maximum absolute atomic E-state index is 10.4. The first-order valence-corrected chi connectivity index (χ1v) is 5.27. The summed E-state index contributed by atoms with van der Waals surface area (Å²) in [5.41, 5.74) is 2.33. The molecule has 0 saturated carbocycles. The predicted octanol–water partition coefficient (Wildman–Crippen LogP) is 2.27. The van der Waals surface area contributed by atoms with E-state index in [1.165, 1.54) is 5.56 Å². The van der Waals surface area contributed by atoms with Gasteiger partial charge in [-0.1, -0.05) is 29.8 Å². The molecule has 0 spiro atoms. The van der Waals surface area contributed by atoms with Crippen LogP contribution >= 0.6 is 8.03 Å². The molecule has 0 amide bonds. The Morgan fingerprint density at radius 2 is 2.25 bits per heavy atom. The van der Waals surface area contributed by atoms with Crippen molar-refractivity contribution in [3.8, 4) is 0 Å². The third kappa shape index (κ3) is 3.12. The molecule has 2 nitrogen and oxygen atoms in total. The van der Waals surface area contributed by atoms with Crippen LogP contribution in [0, 0.1) is 6.92 Å². The van der Waals surface area contributed by atoms with E-state index in [2.05, 4.69) is 0 Å². The Hall–Kier alpha value is -0.720. The molecule has 1 rings (SSSR count). The van der Waals surface area contributed by atoms with Crippen LogP contribution in [0.15, 0.2) is 24.3 Å². The molecular weight excluding hydrogens is 171 g/mol. The second-order valence-electron chi connectivity index (χ2n) is 2.81. The first-order chi connectivity index (χ1) is 5.68. The van der Waals surface area contributed by atoms with E-state index in [0.717, 1.165) is 5.56 Å². The van der Waals surface area contributed by atoms with Gasteiger partial charge in [-0.15, -0.1) is 0 Å². The van der Waals surface area contributed by atoms with Crippen molar-refractivity contribution in [1.29, 1.82) is 0 Å². The molecule has 0 heterocycles. The lowest BCUT2D eigenvalue weighted by Crippen LogP contribution is -1.88. The monoisotopic (exact) mass is 183 g/mol. The van der Waals surface area contributed by atoms with Crippen LogP contribution in [0.3, 0.4) is 0 Å². The van der Waals surface area contributed by atoms with Crippen LogP contribution in [0.1, 0.15) is 11.1 Å². The fraction of sp³-hybridized carbons (Fsp3) is 0.333. The molecule has 12 heavy (non-hydrogen) atoms. The number of rotatable bonds is 3. The lowest BCUT2D eigenvalue weighted by Gasteiger charge is -1.96. The van der Waals surface area contributed by atoms with Crippen LogP contribution in [0.2, 0.25) is 0 Å². The van der Waals surface area contributed by atoms with Gasteiger partial charge in [0.05, 0.1) is 0 Å². The van der Waals surface area contributed by atoms with Crippen LogP contribution in [0.5, 0.6) is 0 Å². The van der Waals surface area contributed by atoms with Crippen molar-refractivity contribution in [2.45, 2.75) is 13.3 Å². The maximum Gasteiger partial charge on any atom is 0.505 e. The minimum Gasteiger partial charge on any atom is -0.161 e. The van der Waals surface area contributed by atoms with E-state index in [0.29, 0.717) is 12.6 Å². The molecule has 3 heteroatoms. The third-order valence-electron chi connectivity index (χ3n) is 1.67. The zero-order valence-corrected chi connectivity index (χ0v) is 7.92. The molecule has 1 aromatic carbocycles. The van der Waals surface area contributed by atoms with Gasteiger partial charge in [0.1, 0.15) is 0 Å². The zero-order chi connectivity index (χ0) is 8.97. The van der Waals surface area contributed by atoms with Crippen LogP contribution in [-0.4, -0.2) is 11.1 Å². The van der Waals surface area contributed by atoms with Crippen molar-refractivity contribution in [1.82, 2.24) is 0 Å². The first-order valence-electron chi connectivity index (χ1n) is 3.87. The minimum atomic E-state index is -1.98. The Labute approximate surface area is 73.1 Å². The average Bonchev–Trinajstić information content (AvgIpc) is 2.01. The molecule has 0 radical (unpaired) electrons. The zero-order valence-electron chi connectivity index (χ0n) is 7.03. The van der Waals surface area contributed by atoms with Crippen LogP contribution < -0.4 is 0 Å². The lowest BCUT2D eigenvalue weighted by atomic mass is 10.1. The van der Waals surface area contributed by atoms with Crippen molar-refractivity contribution in [2.24, 2.45) is 0 Å². The summed E-state index contributed by atoms with van der Waals surface area (Å²) >= 11 is 0. The number of benzene rings is 1. The van der Waals surface area contributed by atoms with Gasteiger partial charge in [-0.25, -0.2) is 0 Å². The van der Waals surface area contributed by atoms with Gasteiger partial charge < -0.3 is 0 Å². The molecule has 1 unspecified atom stereocenters. The molecule has 0 aliphatic heterocycles. The SMILES string of the molecule is Cc1cccc(CC[P+](=O)O)c1. The Morgan fingerprint density at radius 3 is 2.83 bits per heavy atom. The molecular formula is C9H12O2P+. The molecule has 0 bridgehead atoms. The third-order valence-corrected chi connectivity index (χ3v) is 2.28. The standard InChI is InChI=1S/C9H11O2P/c1-8-3-2-4-9(7-8)5-6-12(10)11/h2-4,7H,5-6H2,1H3/p+1. The van der Waals surface area contributed by atoms with Gasteiger partial charge in [0.25, 0.3) is 0 Å². The molecule has 0 aliphatic rings. The van der Waals surface area contributed by atoms with Crippen LogP contribution in [-0.2, 0) is 11.0 Å². The highest BCUT2D eigenvalue weighted by Gasteiger charge is 2.09. The summed E-state index contributed by atoms with van der Waals surface area (Å²) in [5, 5.41) is 0. The Kier molecular flexibility index (Phi) is 3.39. The van der Waals surface area contributed by atoms with Gasteiger partial charge in [-0.05, 0) is 17.1 Å². The summed E-state index contributed by atoms with van der Waals surface area (Å²) in [6.45, 7) is 2.02. The van der Waals surface area contributed by atoms with Gasteiger partial charge in [0, 0.05) is 6.42 Å². The van der Waals surface area contributed by atoms with Crippen molar-refractivity contribution in [2.75, 3.05) is 6.16 Å². The fourth-order valence-corrected chi connectivity index (χ4v) is 1.54. The second-order valence-corrected chi connectivity index (χ2v) is 3.97. The van der Waals surface area contributed by atoms with Crippen molar-refractivity contribution in [3.63, 3.8) is 0 Å². The molecule has 64 valence electrons.